The summed E-state index contributed by atoms with van der Waals surface area (Å²) in [4.78, 5) is 23.3. The molecule has 0 spiro atoms. The number of aliphatic hydroxyl groups is 2. The van der Waals surface area contributed by atoms with Crippen LogP contribution < -0.4 is 5.32 Å². The van der Waals surface area contributed by atoms with Gasteiger partial charge in [-0.05, 0) is 129 Å². The fraction of sp³-hybridized carbons (Fsp3) is 0.603. The van der Waals surface area contributed by atoms with Crippen molar-refractivity contribution < 1.29 is 38.0 Å². The molecule has 0 radical (unpaired) electrons. The molecule has 10 heteroatoms. The van der Waals surface area contributed by atoms with Crippen LogP contribution in [-0.2, 0) is 18.4 Å². The van der Waals surface area contributed by atoms with Crippen LogP contribution in [0.1, 0.15) is 187 Å². The fourth-order valence-corrected chi connectivity index (χ4v) is 8.03. The van der Waals surface area contributed by atoms with Crippen LogP contribution in [0.3, 0.4) is 0 Å². The van der Waals surface area contributed by atoms with E-state index in [2.05, 4.69) is 158 Å². The molecule has 0 aliphatic heterocycles. The minimum atomic E-state index is -4.45. The van der Waals surface area contributed by atoms with Crippen LogP contribution in [0.5, 0.6) is 0 Å². The van der Waals surface area contributed by atoms with E-state index in [-0.39, 0.29) is 18.9 Å². The molecule has 414 valence electrons. The summed E-state index contributed by atoms with van der Waals surface area (Å²) in [6, 6.07) is -1.07. The average Bonchev–Trinajstić information content (AvgIpc) is 3.35. The third-order valence-electron chi connectivity index (χ3n) is 11.7. The Hall–Kier alpha value is -3.66. The highest BCUT2D eigenvalue weighted by atomic mass is 31.2. The topological polar surface area (TPSA) is 125 Å². The lowest BCUT2D eigenvalue weighted by Crippen LogP contribution is -2.51. The molecule has 0 rings (SSSR count). The van der Waals surface area contributed by atoms with Gasteiger partial charge in [-0.2, -0.15) is 0 Å². The van der Waals surface area contributed by atoms with Gasteiger partial charge in [0.15, 0.2) is 0 Å². The average molecular weight is 1030 g/mol. The third-order valence-corrected chi connectivity index (χ3v) is 12.7. The van der Waals surface area contributed by atoms with Gasteiger partial charge in [-0.15, -0.1) is 0 Å². The molecular weight excluding hydrogens is 928 g/mol. The van der Waals surface area contributed by atoms with E-state index >= 15 is 0 Å². The first-order valence-electron chi connectivity index (χ1n) is 28.3. The second-order valence-corrected chi connectivity index (χ2v) is 21.2. The molecule has 73 heavy (non-hydrogen) atoms. The van der Waals surface area contributed by atoms with E-state index in [1.807, 2.05) is 28.1 Å². The zero-order valence-electron chi connectivity index (χ0n) is 46.7. The number of phosphoric acid groups is 1. The minimum absolute atomic E-state index is 0.00323. The smallest absolute Gasteiger partial charge is 0.390 e. The maximum atomic E-state index is 13.0. The zero-order chi connectivity index (χ0) is 53.6. The number of likely N-dealkylation sites (N-methyl/N-ethyl adjacent to an activating group) is 1. The van der Waals surface area contributed by atoms with Crippen molar-refractivity contribution in [1.29, 1.82) is 0 Å². The number of amides is 1. The van der Waals surface area contributed by atoms with Crippen LogP contribution in [0.25, 0.3) is 0 Å². The molecule has 0 aliphatic rings. The number of aliphatic hydroxyl groups excluding tert-OH is 2. The standard InChI is InChI=1S/C63H105N2O7P/c1-6-8-10-12-14-16-18-20-21-22-23-24-25-26-27-28-29-30-31-32-33-34-35-36-37-38-39-40-41-42-43-44-46-48-50-52-54-56-62(67)64-60(59-72-73(69,70)71-58-57-65(3,4)5)63(68)61(66)55-53-51-49-47-45-19-17-15-13-11-9-7-2/h7-10,14-17,20-21,23-24,26-27,29-30,32-33,35-36,38-39,47,49,60-61,63,66,68H,6,11-13,18-19,22,25,28,31,34,37,40-46,48,50-59H2,1-5H3,(H-,64,67,69,70)/p+1/b9-7+,10-8-,16-14-,17-15+,21-20-,24-23-,27-26-,30-29-,33-32-,36-35-,39-38-,49-47+. The second-order valence-electron chi connectivity index (χ2n) is 19.7. The SMILES string of the molecule is C/C=C/CC/C=C/CC/C=C/CCCC(O)C(O)C(COP(=O)(O)OCC[N+](C)(C)C)NC(=O)CCCCCCCCCCC/C=C\C/C=C\C/C=C\C/C=C\C/C=C\C/C=C\C/C=C\C/C=C\C/C=C\CC. The lowest BCUT2D eigenvalue weighted by atomic mass is 10.0. The number of rotatable bonds is 49. The molecule has 4 unspecified atom stereocenters. The number of nitrogens with zero attached hydrogens (tertiary/aromatic N) is 1. The maximum Gasteiger partial charge on any atom is 0.472 e. The first-order chi connectivity index (χ1) is 35.4. The number of hydrogen-bond acceptors (Lipinski definition) is 6. The Kier molecular flexibility index (Phi) is 49.2. The fourth-order valence-electron chi connectivity index (χ4n) is 7.29. The van der Waals surface area contributed by atoms with Crippen molar-refractivity contribution in [2.45, 2.75) is 205 Å². The van der Waals surface area contributed by atoms with Crippen molar-refractivity contribution in [3.05, 3.63) is 146 Å². The van der Waals surface area contributed by atoms with E-state index in [4.69, 9.17) is 9.05 Å². The monoisotopic (exact) mass is 1030 g/mol. The predicted octanol–water partition coefficient (Wildman–Crippen LogP) is 16.3. The summed E-state index contributed by atoms with van der Waals surface area (Å²) < 4.78 is 23.6. The van der Waals surface area contributed by atoms with Crippen LogP contribution >= 0.6 is 7.82 Å². The molecule has 0 aliphatic carbocycles. The lowest BCUT2D eigenvalue weighted by Gasteiger charge is -2.28. The number of carbonyl (C=O) groups is 1. The molecule has 0 saturated heterocycles. The van der Waals surface area contributed by atoms with Gasteiger partial charge in [0.05, 0.1) is 39.9 Å². The molecule has 0 aromatic rings. The van der Waals surface area contributed by atoms with E-state index in [9.17, 15) is 24.5 Å². The number of allylic oxidation sites excluding steroid dienone is 24. The van der Waals surface area contributed by atoms with Gasteiger partial charge < -0.3 is 24.9 Å². The van der Waals surface area contributed by atoms with Crippen LogP contribution in [-0.4, -0.2) is 84.6 Å². The highest BCUT2D eigenvalue weighted by molar-refractivity contribution is 7.47. The molecule has 0 aromatic carbocycles. The van der Waals surface area contributed by atoms with E-state index in [1.54, 1.807) is 0 Å². The van der Waals surface area contributed by atoms with Gasteiger partial charge in [0, 0.05) is 6.42 Å². The first-order valence-corrected chi connectivity index (χ1v) is 29.7. The molecule has 9 nitrogen and oxygen atoms in total. The molecule has 4 atom stereocenters. The summed E-state index contributed by atoms with van der Waals surface area (Å²) in [6.07, 6.45) is 76.7. The third kappa shape index (κ3) is 53.0. The quantitative estimate of drug-likeness (QED) is 0.0207. The van der Waals surface area contributed by atoms with Crippen LogP contribution in [0.4, 0.5) is 0 Å². The zero-order valence-corrected chi connectivity index (χ0v) is 47.6. The predicted molar refractivity (Wildman–Crippen MR) is 314 cm³/mol. The lowest BCUT2D eigenvalue weighted by molar-refractivity contribution is -0.870. The Morgan fingerprint density at radius 1 is 0.507 bits per heavy atom. The van der Waals surface area contributed by atoms with Crippen LogP contribution in [0.15, 0.2) is 146 Å². The maximum absolute atomic E-state index is 13.0. The van der Waals surface area contributed by atoms with Gasteiger partial charge in [0.1, 0.15) is 19.3 Å². The van der Waals surface area contributed by atoms with E-state index in [0.717, 1.165) is 116 Å². The molecule has 0 fully saturated rings. The summed E-state index contributed by atoms with van der Waals surface area (Å²) in [7, 11) is 1.38. The molecule has 0 aromatic heterocycles. The number of nitrogens with one attached hydrogen (secondary N) is 1. The number of phosphoric ester groups is 1. The first kappa shape index (κ1) is 69.3. The van der Waals surface area contributed by atoms with Crippen molar-refractivity contribution >= 4 is 13.7 Å². The van der Waals surface area contributed by atoms with E-state index < -0.39 is 32.7 Å². The molecule has 0 saturated carbocycles. The molecule has 0 heterocycles. The summed E-state index contributed by atoms with van der Waals surface area (Å²) in [5.41, 5.74) is 0. The summed E-state index contributed by atoms with van der Waals surface area (Å²) in [5, 5.41) is 24.7. The van der Waals surface area contributed by atoms with Crippen LogP contribution in [0, 0.1) is 0 Å². The van der Waals surface area contributed by atoms with Crippen molar-refractivity contribution in [3.63, 3.8) is 0 Å². The molecule has 4 N–H and O–H groups in total. The Labute approximate surface area is 447 Å². The Morgan fingerprint density at radius 2 is 0.877 bits per heavy atom. The highest BCUT2D eigenvalue weighted by Gasteiger charge is 2.31. The number of unbranched alkanes of at least 4 members (excludes halogenated alkanes) is 12. The van der Waals surface area contributed by atoms with Gasteiger partial charge >= 0.3 is 7.82 Å². The van der Waals surface area contributed by atoms with Gasteiger partial charge in [-0.25, -0.2) is 4.57 Å². The minimum Gasteiger partial charge on any atom is -0.390 e. The largest absolute Gasteiger partial charge is 0.472 e. The second kappa shape index (κ2) is 51.8. The van der Waals surface area contributed by atoms with Crippen molar-refractivity contribution in [3.8, 4) is 0 Å². The Balaban J connectivity index is 4.22. The summed E-state index contributed by atoms with van der Waals surface area (Å²) in [6.45, 7) is 4.21. The summed E-state index contributed by atoms with van der Waals surface area (Å²) in [5.74, 6) is -0.289. The molecule has 0 bridgehead atoms. The van der Waals surface area contributed by atoms with Gasteiger partial charge in [-0.3, -0.25) is 13.8 Å². The molecule has 1 amide bonds. The van der Waals surface area contributed by atoms with Crippen molar-refractivity contribution in [2.24, 2.45) is 0 Å². The normalized spacial score (nSPS) is 15.5. The molecular formula is C63H106N2O7P+. The Bertz CT molecular complexity index is 1710. The van der Waals surface area contributed by atoms with Crippen molar-refractivity contribution in [2.75, 3.05) is 40.9 Å². The van der Waals surface area contributed by atoms with Crippen molar-refractivity contribution in [1.82, 2.24) is 5.32 Å². The summed E-state index contributed by atoms with van der Waals surface area (Å²) >= 11 is 0. The van der Waals surface area contributed by atoms with Crippen LogP contribution in [0.2, 0.25) is 0 Å². The highest BCUT2D eigenvalue weighted by Crippen LogP contribution is 2.43. The number of quaternary nitrogens is 1. The van der Waals surface area contributed by atoms with E-state index in [1.165, 1.54) is 32.1 Å². The van der Waals surface area contributed by atoms with Gasteiger partial charge in [-0.1, -0.05) is 198 Å². The number of carbonyl (C=O) groups excluding carboxylic acids is 1. The number of hydrogen-bond donors (Lipinski definition) is 4. The van der Waals surface area contributed by atoms with E-state index in [0.29, 0.717) is 30.3 Å². The van der Waals surface area contributed by atoms with Gasteiger partial charge in [0.2, 0.25) is 5.91 Å². The van der Waals surface area contributed by atoms with Gasteiger partial charge in [0.25, 0.3) is 0 Å². The Morgan fingerprint density at radius 3 is 1.32 bits per heavy atom.